The number of hydrogen-bond acceptors (Lipinski definition) is 15. The van der Waals surface area contributed by atoms with Gasteiger partial charge in [-0.1, -0.05) is 305 Å². The predicted octanol–water partition coefficient (Wildman–Crippen LogP) is 23.6. The first-order chi connectivity index (χ1) is 49.7. The van der Waals surface area contributed by atoms with E-state index < -0.39 is 97.5 Å². The highest BCUT2D eigenvalue weighted by Gasteiger charge is 2.30. The molecular formula is C83H146O17P2. The third kappa shape index (κ3) is 74.3. The van der Waals surface area contributed by atoms with Gasteiger partial charge in [0.1, 0.15) is 19.3 Å². The van der Waals surface area contributed by atoms with E-state index in [9.17, 15) is 43.2 Å². The van der Waals surface area contributed by atoms with E-state index in [4.69, 9.17) is 37.0 Å². The Morgan fingerprint density at radius 1 is 0.284 bits per heavy atom. The molecule has 3 N–H and O–H groups in total. The number of phosphoric ester groups is 2. The lowest BCUT2D eigenvalue weighted by Crippen LogP contribution is -2.30. The highest BCUT2D eigenvalue weighted by atomic mass is 31.2. The standard InChI is InChI=1S/C83H146O17P2/c1-5-9-13-17-21-25-29-33-36-37-38-39-42-45-48-52-56-60-64-68-81(86)94-74-79(100-83(88)70-66-62-58-54-50-46-41-35-31-27-23-19-15-11-7-3)76-98-102(91,92)96-72-77(84)71-95-101(89,90)97-75-78(99-82(87)69-65-61-57-53-49-43-32-28-24-20-16-12-8-4)73-93-80(85)67-63-59-55-51-47-44-40-34-30-26-22-18-14-10-6-2/h9,13,21,25,28,32-34,36,38-40,45,48,56,60,77-79,84H,5-8,10-12,14-20,22-24,26-27,29-31,35,37,41-44,46-47,49-55,57-59,61-76H2,1-4H3,(H,89,90)(H,91,92)/b13-9-,25-21-,32-28-,36-33-,39-38-,40-34-,48-45-,60-56-. The van der Waals surface area contributed by atoms with E-state index in [2.05, 4.69) is 113 Å². The average molecular weight is 1480 g/mol. The Morgan fingerprint density at radius 2 is 0.529 bits per heavy atom. The van der Waals surface area contributed by atoms with Crippen LogP contribution in [0.1, 0.15) is 349 Å². The van der Waals surface area contributed by atoms with E-state index in [0.717, 1.165) is 135 Å². The summed E-state index contributed by atoms with van der Waals surface area (Å²) in [5, 5.41) is 10.6. The smallest absolute Gasteiger partial charge is 0.462 e. The molecule has 0 saturated heterocycles. The van der Waals surface area contributed by atoms with Gasteiger partial charge in [-0.05, 0) is 116 Å². The summed E-state index contributed by atoms with van der Waals surface area (Å²) in [4.78, 5) is 73.0. The summed E-state index contributed by atoms with van der Waals surface area (Å²) in [6.45, 7) is 4.69. The minimum atomic E-state index is -4.99. The Bertz CT molecular complexity index is 2310. The van der Waals surface area contributed by atoms with Gasteiger partial charge >= 0.3 is 39.5 Å². The summed E-state index contributed by atoms with van der Waals surface area (Å²) in [6.07, 6.45) is 79.7. The summed E-state index contributed by atoms with van der Waals surface area (Å²) in [5.41, 5.74) is 0. The maximum atomic E-state index is 13.1. The lowest BCUT2D eigenvalue weighted by Gasteiger charge is -2.21. The van der Waals surface area contributed by atoms with Crippen LogP contribution in [0.3, 0.4) is 0 Å². The second kappa shape index (κ2) is 75.2. The fourth-order valence-corrected chi connectivity index (χ4v) is 12.5. The van der Waals surface area contributed by atoms with Crippen LogP contribution in [-0.2, 0) is 65.4 Å². The van der Waals surface area contributed by atoms with Crippen LogP contribution in [0, 0.1) is 0 Å². The van der Waals surface area contributed by atoms with Crippen LogP contribution in [-0.4, -0.2) is 96.7 Å². The number of ether oxygens (including phenoxy) is 4. The van der Waals surface area contributed by atoms with Crippen molar-refractivity contribution in [3.8, 4) is 0 Å². The maximum Gasteiger partial charge on any atom is 0.472 e. The highest BCUT2D eigenvalue weighted by Crippen LogP contribution is 2.45. The van der Waals surface area contributed by atoms with Gasteiger partial charge in [-0.15, -0.1) is 0 Å². The minimum Gasteiger partial charge on any atom is -0.462 e. The fourth-order valence-electron chi connectivity index (χ4n) is 10.9. The molecule has 0 rings (SSSR count). The van der Waals surface area contributed by atoms with Crippen LogP contribution in [0.5, 0.6) is 0 Å². The molecule has 19 heteroatoms. The predicted molar refractivity (Wildman–Crippen MR) is 418 cm³/mol. The van der Waals surface area contributed by atoms with Gasteiger partial charge in [0.2, 0.25) is 0 Å². The Hall–Kier alpha value is -4.02. The largest absolute Gasteiger partial charge is 0.472 e. The first kappa shape index (κ1) is 98.0. The van der Waals surface area contributed by atoms with E-state index in [1.807, 2.05) is 12.2 Å². The van der Waals surface area contributed by atoms with Gasteiger partial charge in [-0.3, -0.25) is 37.3 Å². The number of hydrogen-bond donors (Lipinski definition) is 3. The quantitative estimate of drug-likeness (QED) is 0.0169. The van der Waals surface area contributed by atoms with Crippen molar-refractivity contribution in [1.82, 2.24) is 0 Å². The Balaban J connectivity index is 5.40. The molecule has 0 amide bonds. The van der Waals surface area contributed by atoms with Crippen molar-refractivity contribution in [1.29, 1.82) is 0 Å². The molecule has 0 saturated carbocycles. The zero-order valence-corrected chi connectivity index (χ0v) is 66.3. The molecular weight excluding hydrogens is 1330 g/mol. The topological polar surface area (TPSA) is 237 Å². The third-order valence-electron chi connectivity index (χ3n) is 17.0. The Labute approximate surface area is 620 Å². The third-order valence-corrected chi connectivity index (χ3v) is 18.9. The number of rotatable bonds is 76. The number of carbonyl (C=O) groups is 4. The Kier molecular flexibility index (Phi) is 72.3. The molecule has 0 aliphatic rings. The zero-order chi connectivity index (χ0) is 74.6. The molecule has 0 aromatic heterocycles. The molecule has 0 heterocycles. The highest BCUT2D eigenvalue weighted by molar-refractivity contribution is 7.47. The van der Waals surface area contributed by atoms with Gasteiger partial charge in [0.15, 0.2) is 12.2 Å². The summed E-state index contributed by atoms with van der Waals surface area (Å²) in [6, 6.07) is 0. The number of carbonyl (C=O) groups excluding carboxylic acids is 4. The van der Waals surface area contributed by atoms with Crippen molar-refractivity contribution in [3.05, 3.63) is 97.2 Å². The second-order valence-electron chi connectivity index (χ2n) is 27.0. The summed E-state index contributed by atoms with van der Waals surface area (Å²) < 4.78 is 68.5. The molecule has 5 unspecified atom stereocenters. The molecule has 590 valence electrons. The van der Waals surface area contributed by atoms with Crippen LogP contribution < -0.4 is 0 Å². The maximum absolute atomic E-state index is 13.1. The molecule has 102 heavy (non-hydrogen) atoms. The minimum absolute atomic E-state index is 0.0380. The van der Waals surface area contributed by atoms with Gasteiger partial charge in [0.05, 0.1) is 26.4 Å². The summed E-state index contributed by atoms with van der Waals surface area (Å²) in [5.74, 6) is -2.27. The molecule has 5 atom stereocenters. The number of aliphatic hydroxyl groups excluding tert-OH is 1. The van der Waals surface area contributed by atoms with Crippen LogP contribution in [0.4, 0.5) is 0 Å². The van der Waals surface area contributed by atoms with Crippen molar-refractivity contribution < 1.29 is 80.2 Å². The molecule has 17 nitrogen and oxygen atoms in total. The molecule has 0 aromatic carbocycles. The van der Waals surface area contributed by atoms with Crippen molar-refractivity contribution in [2.75, 3.05) is 39.6 Å². The van der Waals surface area contributed by atoms with E-state index >= 15 is 0 Å². The van der Waals surface area contributed by atoms with Crippen molar-refractivity contribution in [2.45, 2.75) is 367 Å². The zero-order valence-electron chi connectivity index (χ0n) is 64.5. The lowest BCUT2D eigenvalue weighted by atomic mass is 10.0. The van der Waals surface area contributed by atoms with Gasteiger partial charge in [-0.25, -0.2) is 9.13 Å². The first-order valence-electron chi connectivity index (χ1n) is 40.5. The number of unbranched alkanes of at least 4 members (excludes halogenated alkanes) is 34. The SMILES string of the molecule is CC/C=C\C/C=C\C/C=C\C/C=C\C/C=C\C/C=C\CCC(=O)OCC(COP(=O)(O)OCC(O)COP(=O)(O)OCC(COC(=O)CCCCCCC/C=C\CCCCCCCC)OC(=O)CCCCCCC/C=C\CCCCCC)OC(=O)CCCCCCCCCCCCCCCCC. The monoisotopic (exact) mass is 1480 g/mol. The number of aliphatic hydroxyl groups is 1. The normalized spacial score (nSPS) is 14.4. The molecule has 0 bridgehead atoms. The fraction of sp³-hybridized carbons (Fsp3) is 0.759. The van der Waals surface area contributed by atoms with Crippen LogP contribution in [0.15, 0.2) is 97.2 Å². The van der Waals surface area contributed by atoms with Gasteiger partial charge < -0.3 is 33.8 Å². The van der Waals surface area contributed by atoms with Crippen molar-refractivity contribution in [3.63, 3.8) is 0 Å². The van der Waals surface area contributed by atoms with Gasteiger partial charge in [0.25, 0.3) is 0 Å². The van der Waals surface area contributed by atoms with Crippen molar-refractivity contribution >= 4 is 39.5 Å². The van der Waals surface area contributed by atoms with Crippen LogP contribution >= 0.6 is 15.6 Å². The molecule has 0 aliphatic carbocycles. The first-order valence-corrected chi connectivity index (χ1v) is 43.5. The second-order valence-corrected chi connectivity index (χ2v) is 29.9. The van der Waals surface area contributed by atoms with Gasteiger partial charge in [0, 0.05) is 25.7 Å². The number of allylic oxidation sites excluding steroid dienone is 16. The number of phosphoric acid groups is 2. The van der Waals surface area contributed by atoms with E-state index in [1.165, 1.54) is 128 Å². The van der Waals surface area contributed by atoms with Crippen molar-refractivity contribution in [2.24, 2.45) is 0 Å². The summed E-state index contributed by atoms with van der Waals surface area (Å²) in [7, 11) is -9.97. The molecule has 0 spiro atoms. The molecule has 0 aromatic rings. The summed E-state index contributed by atoms with van der Waals surface area (Å²) >= 11 is 0. The van der Waals surface area contributed by atoms with E-state index in [0.29, 0.717) is 32.1 Å². The van der Waals surface area contributed by atoms with E-state index in [-0.39, 0.29) is 25.7 Å². The number of esters is 4. The van der Waals surface area contributed by atoms with Crippen LogP contribution in [0.2, 0.25) is 0 Å². The average Bonchev–Trinajstić information content (AvgIpc) is 0.924. The Morgan fingerprint density at radius 3 is 0.853 bits per heavy atom. The van der Waals surface area contributed by atoms with E-state index in [1.54, 1.807) is 0 Å². The van der Waals surface area contributed by atoms with Gasteiger partial charge in [-0.2, -0.15) is 0 Å². The van der Waals surface area contributed by atoms with Crippen LogP contribution in [0.25, 0.3) is 0 Å². The lowest BCUT2D eigenvalue weighted by molar-refractivity contribution is -0.161. The molecule has 0 fully saturated rings. The molecule has 0 radical (unpaired) electrons. The molecule has 0 aliphatic heterocycles.